The maximum absolute atomic E-state index is 5.62. The summed E-state index contributed by atoms with van der Waals surface area (Å²) in [6, 6.07) is 7.79. The van der Waals surface area contributed by atoms with Gasteiger partial charge in [-0.15, -0.1) is 0 Å². The molecule has 2 nitrogen and oxygen atoms in total. The summed E-state index contributed by atoms with van der Waals surface area (Å²) in [7, 11) is 0. The van der Waals surface area contributed by atoms with Crippen molar-refractivity contribution in [3.8, 4) is 0 Å². The maximum atomic E-state index is 5.62. The van der Waals surface area contributed by atoms with Crippen molar-refractivity contribution >= 4 is 11.4 Å². The number of rotatable bonds is 1. The van der Waals surface area contributed by atoms with Crippen LogP contribution >= 0.6 is 0 Å². The van der Waals surface area contributed by atoms with Crippen molar-refractivity contribution in [2.24, 2.45) is 0 Å². The third-order valence-electron chi connectivity index (χ3n) is 2.02. The summed E-state index contributed by atoms with van der Waals surface area (Å²) in [5.41, 5.74) is 7.51. The first-order valence-corrected chi connectivity index (χ1v) is 4.52. The topological polar surface area (TPSA) is 29.3 Å². The molecule has 0 aliphatic carbocycles. The molecule has 0 saturated heterocycles. The van der Waals surface area contributed by atoms with E-state index in [0.717, 1.165) is 11.4 Å². The Morgan fingerprint density at radius 2 is 1.36 bits per heavy atom. The Balaban J connectivity index is 2.27. The van der Waals surface area contributed by atoms with Crippen molar-refractivity contribution in [1.82, 2.24) is 0 Å². The lowest BCUT2D eigenvalue weighted by molar-refractivity contribution is 1.29. The Labute approximate surface area is 83.6 Å². The average Bonchev–Trinajstić information content (AvgIpc) is 2.47. The highest BCUT2D eigenvalue weighted by Crippen LogP contribution is 2.17. The van der Waals surface area contributed by atoms with E-state index >= 15 is 0 Å². The van der Waals surface area contributed by atoms with Gasteiger partial charge in [-0.25, -0.2) is 0 Å². The summed E-state index contributed by atoms with van der Waals surface area (Å²) < 4.78 is 0. The summed E-state index contributed by atoms with van der Waals surface area (Å²) in [5, 5.41) is 0. The zero-order valence-corrected chi connectivity index (χ0v) is 7.80. The minimum atomic E-state index is 0.787. The first kappa shape index (κ1) is 8.63. The third kappa shape index (κ3) is 1.85. The molecule has 0 atom stereocenters. The second-order valence-corrected chi connectivity index (χ2v) is 3.07. The van der Waals surface area contributed by atoms with Gasteiger partial charge in [0.1, 0.15) is 0 Å². The number of anilines is 2. The molecule has 2 N–H and O–H groups in total. The number of allylic oxidation sites excluding steroid dienone is 4. The van der Waals surface area contributed by atoms with Crippen molar-refractivity contribution < 1.29 is 0 Å². The molecule has 14 heavy (non-hydrogen) atoms. The molecule has 0 unspecified atom stereocenters. The van der Waals surface area contributed by atoms with Crippen LogP contribution in [-0.2, 0) is 0 Å². The summed E-state index contributed by atoms with van der Waals surface area (Å²) in [4.78, 5) is 2.04. The lowest BCUT2D eigenvalue weighted by Crippen LogP contribution is -2.05. The number of nitrogens with zero attached hydrogens (tertiary/aromatic N) is 1. The van der Waals surface area contributed by atoms with E-state index in [1.165, 1.54) is 0 Å². The van der Waals surface area contributed by atoms with Crippen molar-refractivity contribution in [2.45, 2.75) is 0 Å². The molecule has 0 radical (unpaired) electrons. The smallest absolute Gasteiger partial charge is 0.0450 e. The summed E-state index contributed by atoms with van der Waals surface area (Å²) >= 11 is 0. The van der Waals surface area contributed by atoms with Gasteiger partial charge in [-0.05, 0) is 36.4 Å². The molecule has 2 rings (SSSR count). The van der Waals surface area contributed by atoms with E-state index in [2.05, 4.69) is 0 Å². The van der Waals surface area contributed by atoms with Crippen molar-refractivity contribution in [2.75, 3.05) is 10.6 Å². The van der Waals surface area contributed by atoms with Crippen molar-refractivity contribution in [3.63, 3.8) is 0 Å². The molecule has 1 aromatic carbocycles. The predicted molar refractivity (Wildman–Crippen MR) is 60.8 cm³/mol. The second-order valence-electron chi connectivity index (χ2n) is 3.07. The molecule has 0 fully saturated rings. The van der Waals surface area contributed by atoms with Gasteiger partial charge in [-0.2, -0.15) is 0 Å². The summed E-state index contributed by atoms with van der Waals surface area (Å²) in [5.74, 6) is 0. The highest BCUT2D eigenvalue weighted by atomic mass is 15.1. The van der Waals surface area contributed by atoms with Crippen LogP contribution in [-0.4, -0.2) is 0 Å². The van der Waals surface area contributed by atoms with Crippen LogP contribution in [0.4, 0.5) is 11.4 Å². The fraction of sp³-hybridized carbons (Fsp3) is 0. The van der Waals surface area contributed by atoms with Crippen LogP contribution < -0.4 is 10.6 Å². The molecule has 1 aliphatic heterocycles. The first-order valence-electron chi connectivity index (χ1n) is 4.52. The maximum Gasteiger partial charge on any atom is 0.0450 e. The molecule has 1 heterocycles. The molecule has 0 saturated carbocycles. The van der Waals surface area contributed by atoms with E-state index in [-0.39, 0.29) is 0 Å². The Kier molecular flexibility index (Phi) is 2.36. The van der Waals surface area contributed by atoms with Crippen LogP contribution in [0.25, 0.3) is 0 Å². The molecule has 0 aromatic heterocycles. The lowest BCUT2D eigenvalue weighted by atomic mass is 10.2. The van der Waals surface area contributed by atoms with Crippen LogP contribution in [0.5, 0.6) is 0 Å². The zero-order chi connectivity index (χ0) is 9.80. The summed E-state index contributed by atoms with van der Waals surface area (Å²) in [6.45, 7) is 0. The van der Waals surface area contributed by atoms with Gasteiger partial charge in [0.2, 0.25) is 0 Å². The molecule has 0 spiro atoms. The fourth-order valence-electron chi connectivity index (χ4n) is 1.28. The zero-order valence-electron chi connectivity index (χ0n) is 7.80. The van der Waals surface area contributed by atoms with Gasteiger partial charge in [0.15, 0.2) is 0 Å². The highest BCUT2D eigenvalue weighted by Gasteiger charge is 1.98. The molecule has 1 aromatic rings. The molecule has 0 amide bonds. The molecule has 1 aliphatic rings. The first-order chi connectivity index (χ1) is 6.86. The van der Waals surface area contributed by atoms with E-state index < -0.39 is 0 Å². The molecule has 2 heteroatoms. The van der Waals surface area contributed by atoms with Crippen LogP contribution in [0.2, 0.25) is 0 Å². The van der Waals surface area contributed by atoms with Gasteiger partial charge in [-0.3, -0.25) is 0 Å². The van der Waals surface area contributed by atoms with Crippen LogP contribution in [0.3, 0.4) is 0 Å². The average molecular weight is 184 g/mol. The van der Waals surface area contributed by atoms with Crippen molar-refractivity contribution in [3.05, 3.63) is 61.0 Å². The van der Waals surface area contributed by atoms with E-state index in [1.54, 1.807) is 0 Å². The second kappa shape index (κ2) is 3.83. The third-order valence-corrected chi connectivity index (χ3v) is 2.02. The normalized spacial score (nSPS) is 14.4. The van der Waals surface area contributed by atoms with Crippen LogP contribution in [0, 0.1) is 0 Å². The quantitative estimate of drug-likeness (QED) is 0.680. The SMILES string of the molecule is Nc1ccc(N2C=CC=CC=C2)cc1. The van der Waals surface area contributed by atoms with E-state index in [1.807, 2.05) is 65.9 Å². The molecule has 70 valence electrons. The van der Waals surface area contributed by atoms with Crippen molar-refractivity contribution in [1.29, 1.82) is 0 Å². The van der Waals surface area contributed by atoms with Gasteiger partial charge in [0, 0.05) is 23.8 Å². The largest absolute Gasteiger partial charge is 0.399 e. The van der Waals surface area contributed by atoms with Gasteiger partial charge in [0.05, 0.1) is 0 Å². The summed E-state index contributed by atoms with van der Waals surface area (Å²) in [6.07, 6.45) is 12.0. The van der Waals surface area contributed by atoms with Gasteiger partial charge in [0.25, 0.3) is 0 Å². The molecular weight excluding hydrogens is 172 g/mol. The molecular formula is C12H12N2. The van der Waals surface area contributed by atoms with Gasteiger partial charge in [-0.1, -0.05) is 12.2 Å². The Bertz CT molecular complexity index is 369. The monoisotopic (exact) mass is 184 g/mol. The number of hydrogen-bond acceptors (Lipinski definition) is 2. The minimum Gasteiger partial charge on any atom is -0.399 e. The van der Waals surface area contributed by atoms with E-state index in [0.29, 0.717) is 0 Å². The Hall–Kier alpha value is -1.96. The number of hydrogen-bond donors (Lipinski definition) is 1. The number of nitrogen functional groups attached to an aromatic ring is 1. The number of nitrogens with two attached hydrogens (primary N) is 1. The van der Waals surface area contributed by atoms with Gasteiger partial charge >= 0.3 is 0 Å². The highest BCUT2D eigenvalue weighted by molar-refractivity contribution is 5.57. The predicted octanol–water partition coefficient (Wildman–Crippen LogP) is 2.67. The van der Waals surface area contributed by atoms with Gasteiger partial charge < -0.3 is 10.6 Å². The Morgan fingerprint density at radius 1 is 0.786 bits per heavy atom. The molecule has 0 bridgehead atoms. The fourth-order valence-corrected chi connectivity index (χ4v) is 1.28. The van der Waals surface area contributed by atoms with Crippen LogP contribution in [0.1, 0.15) is 0 Å². The standard InChI is InChI=1S/C12H12N2/c13-11-5-7-12(8-6-11)14-9-3-1-2-4-10-14/h1-10H,13H2. The minimum absolute atomic E-state index is 0.787. The van der Waals surface area contributed by atoms with Crippen LogP contribution in [0.15, 0.2) is 61.0 Å². The van der Waals surface area contributed by atoms with E-state index in [9.17, 15) is 0 Å². The van der Waals surface area contributed by atoms with E-state index in [4.69, 9.17) is 5.73 Å². The Morgan fingerprint density at radius 3 is 1.93 bits per heavy atom. The number of benzene rings is 1. The lowest BCUT2D eigenvalue weighted by Gasteiger charge is -2.14.